The highest BCUT2D eigenvalue weighted by Gasteiger charge is 2.23. The largest absolute Gasteiger partial charge is 0.482 e. The Labute approximate surface area is 174 Å². The van der Waals surface area contributed by atoms with Crippen molar-refractivity contribution < 1.29 is 18.7 Å². The number of amides is 1. The molecule has 3 heterocycles. The average Bonchev–Trinajstić information content (AvgIpc) is 3.40. The van der Waals surface area contributed by atoms with Crippen molar-refractivity contribution in [3.05, 3.63) is 68.2 Å². The molecule has 1 unspecified atom stereocenters. The number of halogens is 1. The molecule has 8 nitrogen and oxygen atoms in total. The first kappa shape index (κ1) is 19.6. The Bertz CT molecular complexity index is 1060. The van der Waals surface area contributed by atoms with Crippen molar-refractivity contribution in [2.75, 3.05) is 11.9 Å². The van der Waals surface area contributed by atoms with Crippen LogP contribution in [0.5, 0.6) is 5.75 Å². The van der Waals surface area contributed by atoms with Crippen LogP contribution < -0.4 is 15.5 Å². The maximum absolute atomic E-state index is 12.3. The zero-order valence-electron chi connectivity index (χ0n) is 15.1. The number of nitrogens with zero attached hydrogens (tertiary/aromatic N) is 2. The van der Waals surface area contributed by atoms with E-state index >= 15 is 0 Å². The predicted molar refractivity (Wildman–Crippen MR) is 107 cm³/mol. The SMILES string of the molecule is O=C(Nc1nnc(C2CCCO2)s1)c1cc(=O)c(OCc2ccc(Cl)cc2)co1. The molecule has 10 heteroatoms. The molecule has 1 aliphatic rings. The summed E-state index contributed by atoms with van der Waals surface area (Å²) in [7, 11) is 0. The minimum absolute atomic E-state index is 0.00748. The number of carbonyl (C=O) groups excluding carboxylic acids is 1. The second-order valence-electron chi connectivity index (χ2n) is 6.29. The number of nitrogens with one attached hydrogen (secondary N) is 1. The molecule has 1 aliphatic heterocycles. The van der Waals surface area contributed by atoms with Gasteiger partial charge in [0.15, 0.2) is 5.76 Å². The second-order valence-corrected chi connectivity index (χ2v) is 7.73. The Hall–Kier alpha value is -2.75. The molecule has 3 aromatic rings. The van der Waals surface area contributed by atoms with Gasteiger partial charge >= 0.3 is 0 Å². The van der Waals surface area contributed by atoms with Crippen LogP contribution in [-0.2, 0) is 11.3 Å². The fourth-order valence-corrected chi connectivity index (χ4v) is 3.66. The lowest BCUT2D eigenvalue weighted by atomic mass is 10.2. The number of anilines is 1. The van der Waals surface area contributed by atoms with Gasteiger partial charge in [0.25, 0.3) is 5.91 Å². The zero-order chi connectivity index (χ0) is 20.2. The molecule has 1 N–H and O–H groups in total. The molecule has 0 radical (unpaired) electrons. The van der Waals surface area contributed by atoms with Gasteiger partial charge in [-0.1, -0.05) is 35.1 Å². The van der Waals surface area contributed by atoms with E-state index in [9.17, 15) is 9.59 Å². The van der Waals surface area contributed by atoms with Crippen LogP contribution in [0.3, 0.4) is 0 Å². The monoisotopic (exact) mass is 433 g/mol. The van der Waals surface area contributed by atoms with Crippen molar-refractivity contribution in [2.24, 2.45) is 0 Å². The third-order valence-electron chi connectivity index (χ3n) is 4.20. The summed E-state index contributed by atoms with van der Waals surface area (Å²) in [6.07, 6.45) is 2.90. The normalized spacial score (nSPS) is 16.0. The van der Waals surface area contributed by atoms with Crippen LogP contribution in [0.15, 0.2) is 45.8 Å². The molecule has 4 rings (SSSR count). The maximum atomic E-state index is 12.3. The van der Waals surface area contributed by atoms with Crippen LogP contribution in [0.1, 0.15) is 40.1 Å². The van der Waals surface area contributed by atoms with Crippen molar-refractivity contribution in [2.45, 2.75) is 25.6 Å². The van der Waals surface area contributed by atoms with Gasteiger partial charge in [-0.25, -0.2) is 0 Å². The summed E-state index contributed by atoms with van der Waals surface area (Å²) in [4.78, 5) is 24.6. The van der Waals surface area contributed by atoms with Crippen molar-refractivity contribution in [1.29, 1.82) is 0 Å². The number of ether oxygens (including phenoxy) is 2. The molecule has 0 bridgehead atoms. The van der Waals surface area contributed by atoms with E-state index in [2.05, 4.69) is 15.5 Å². The molecular formula is C19H16ClN3O5S. The molecular weight excluding hydrogens is 418 g/mol. The Morgan fingerprint density at radius 1 is 1.31 bits per heavy atom. The van der Waals surface area contributed by atoms with Crippen molar-refractivity contribution in [3.8, 4) is 5.75 Å². The number of aromatic nitrogens is 2. The van der Waals surface area contributed by atoms with Gasteiger partial charge < -0.3 is 13.9 Å². The number of rotatable bonds is 6. The van der Waals surface area contributed by atoms with E-state index in [1.807, 2.05) is 0 Å². The van der Waals surface area contributed by atoms with Crippen LogP contribution in [0.2, 0.25) is 5.02 Å². The minimum atomic E-state index is -0.596. The van der Waals surface area contributed by atoms with E-state index in [0.717, 1.165) is 30.7 Å². The van der Waals surface area contributed by atoms with Gasteiger partial charge in [0.1, 0.15) is 24.0 Å². The fraction of sp³-hybridized carbons (Fsp3) is 0.263. The van der Waals surface area contributed by atoms with Gasteiger partial charge in [-0.3, -0.25) is 14.9 Å². The lowest BCUT2D eigenvalue weighted by molar-refractivity contribution is 0.0993. The minimum Gasteiger partial charge on any atom is -0.482 e. The average molecular weight is 434 g/mol. The summed E-state index contributed by atoms with van der Waals surface area (Å²) < 4.78 is 16.3. The highest BCUT2D eigenvalue weighted by atomic mass is 35.5. The Balaban J connectivity index is 1.38. The topological polar surface area (TPSA) is 104 Å². The Morgan fingerprint density at radius 3 is 2.86 bits per heavy atom. The molecule has 2 aromatic heterocycles. The van der Waals surface area contributed by atoms with Crippen LogP contribution in [0.25, 0.3) is 0 Å². The Kier molecular flexibility index (Phi) is 5.89. The van der Waals surface area contributed by atoms with Crippen molar-refractivity contribution >= 4 is 34.0 Å². The molecule has 1 aromatic carbocycles. The lowest BCUT2D eigenvalue weighted by Crippen LogP contribution is -2.15. The molecule has 29 heavy (non-hydrogen) atoms. The number of carbonyl (C=O) groups is 1. The second kappa shape index (κ2) is 8.73. The summed E-state index contributed by atoms with van der Waals surface area (Å²) in [5.41, 5.74) is 0.376. The smallest absolute Gasteiger partial charge is 0.293 e. The van der Waals surface area contributed by atoms with Crippen LogP contribution in [0.4, 0.5) is 5.13 Å². The van der Waals surface area contributed by atoms with Gasteiger partial charge in [-0.05, 0) is 30.5 Å². The summed E-state index contributed by atoms with van der Waals surface area (Å²) in [5.74, 6) is -0.739. The Morgan fingerprint density at radius 2 is 2.14 bits per heavy atom. The third-order valence-corrected chi connectivity index (χ3v) is 5.38. The molecule has 1 atom stereocenters. The maximum Gasteiger partial charge on any atom is 0.293 e. The van der Waals surface area contributed by atoms with Gasteiger partial charge in [-0.15, -0.1) is 10.2 Å². The molecule has 0 saturated carbocycles. The fourth-order valence-electron chi connectivity index (χ4n) is 2.71. The van der Waals surface area contributed by atoms with Crippen LogP contribution in [0, 0.1) is 0 Å². The van der Waals surface area contributed by atoms with E-state index < -0.39 is 11.3 Å². The molecule has 1 fully saturated rings. The number of benzene rings is 1. The van der Waals surface area contributed by atoms with Gasteiger partial charge in [0.2, 0.25) is 16.3 Å². The zero-order valence-corrected chi connectivity index (χ0v) is 16.7. The first-order valence-electron chi connectivity index (χ1n) is 8.85. The molecule has 150 valence electrons. The summed E-state index contributed by atoms with van der Waals surface area (Å²) in [5, 5.41) is 12.2. The van der Waals surface area contributed by atoms with Gasteiger partial charge in [0.05, 0.1) is 0 Å². The third kappa shape index (κ3) is 4.81. The molecule has 1 amide bonds. The summed E-state index contributed by atoms with van der Waals surface area (Å²) in [6, 6.07) is 8.12. The van der Waals surface area contributed by atoms with E-state index in [0.29, 0.717) is 21.8 Å². The standard InChI is InChI=1S/C19H16ClN3O5S/c20-12-5-3-11(4-6-12)9-27-16-10-28-15(8-13(16)24)17(25)21-19-23-22-18(29-19)14-2-1-7-26-14/h3-6,8,10,14H,1-2,7,9H2,(H,21,23,25). The van der Waals surface area contributed by atoms with E-state index in [1.165, 1.54) is 11.3 Å². The number of hydrogen-bond acceptors (Lipinski definition) is 8. The van der Waals surface area contributed by atoms with E-state index in [1.54, 1.807) is 24.3 Å². The highest BCUT2D eigenvalue weighted by molar-refractivity contribution is 7.15. The van der Waals surface area contributed by atoms with Crippen LogP contribution >= 0.6 is 22.9 Å². The quantitative estimate of drug-likeness (QED) is 0.630. The van der Waals surface area contributed by atoms with E-state index in [4.69, 9.17) is 25.5 Å². The molecule has 0 spiro atoms. The first-order chi connectivity index (χ1) is 14.1. The number of hydrogen-bond donors (Lipinski definition) is 1. The van der Waals surface area contributed by atoms with Crippen molar-refractivity contribution in [1.82, 2.24) is 10.2 Å². The van der Waals surface area contributed by atoms with Gasteiger partial charge in [-0.2, -0.15) is 0 Å². The first-order valence-corrected chi connectivity index (χ1v) is 10.0. The summed E-state index contributed by atoms with van der Waals surface area (Å²) >= 11 is 7.07. The van der Waals surface area contributed by atoms with E-state index in [-0.39, 0.29) is 24.2 Å². The summed E-state index contributed by atoms with van der Waals surface area (Å²) in [6.45, 7) is 0.869. The van der Waals surface area contributed by atoms with Gasteiger partial charge in [0, 0.05) is 17.7 Å². The molecule has 0 aliphatic carbocycles. The van der Waals surface area contributed by atoms with Crippen molar-refractivity contribution in [3.63, 3.8) is 0 Å². The van der Waals surface area contributed by atoms with Crippen LogP contribution in [-0.4, -0.2) is 22.7 Å². The predicted octanol–water partition coefficient (Wildman–Crippen LogP) is 3.83. The lowest BCUT2D eigenvalue weighted by Gasteiger charge is -2.06. The molecule has 1 saturated heterocycles. The highest BCUT2D eigenvalue weighted by Crippen LogP contribution is 2.32.